The minimum Gasteiger partial charge on any atom is -0.462 e. The van der Waals surface area contributed by atoms with Crippen molar-refractivity contribution in [3.63, 3.8) is 0 Å². The molecule has 0 saturated heterocycles. The van der Waals surface area contributed by atoms with E-state index in [1.54, 1.807) is 19.1 Å². The maximum atomic E-state index is 12.8. The Hall–Kier alpha value is -3.91. The highest BCUT2D eigenvalue weighted by molar-refractivity contribution is 7.16. The Labute approximate surface area is 187 Å². The number of carbonyl (C=O) groups is 2. The molecular weight excluding hydrogens is 438 g/mol. The maximum absolute atomic E-state index is 12.8. The van der Waals surface area contributed by atoms with E-state index in [2.05, 4.69) is 5.32 Å². The van der Waals surface area contributed by atoms with Gasteiger partial charge in [-0.15, -0.1) is 11.3 Å². The molecule has 0 fully saturated rings. The summed E-state index contributed by atoms with van der Waals surface area (Å²) >= 11 is 1.19. The highest BCUT2D eigenvalue weighted by Crippen LogP contribution is 2.39. The first-order valence-corrected chi connectivity index (χ1v) is 10.4. The highest BCUT2D eigenvalue weighted by Gasteiger charge is 2.25. The van der Waals surface area contributed by atoms with Crippen molar-refractivity contribution in [2.24, 2.45) is 0 Å². The van der Waals surface area contributed by atoms with Gasteiger partial charge in [-0.05, 0) is 31.1 Å². The average molecular weight is 457 g/mol. The third kappa shape index (κ3) is 4.70. The fourth-order valence-electron chi connectivity index (χ4n) is 2.84. The van der Waals surface area contributed by atoms with Gasteiger partial charge in [0.25, 0.3) is 11.6 Å². The van der Waals surface area contributed by atoms with Gasteiger partial charge in [0, 0.05) is 4.88 Å². The summed E-state index contributed by atoms with van der Waals surface area (Å²) < 4.78 is 15.4. The molecule has 1 aromatic carbocycles. The van der Waals surface area contributed by atoms with Crippen LogP contribution in [0.15, 0.2) is 23.8 Å². The van der Waals surface area contributed by atoms with Crippen molar-refractivity contribution < 1.29 is 28.7 Å². The average Bonchev–Trinajstić information content (AvgIpc) is 3.37. The SMILES string of the molecule is CCOC(=O)c1cc(C(C)C)sc1NC(=O)C(C#N)=Cc1cc2c(cc1[N+](=O)[O-])OCO2. The summed E-state index contributed by atoms with van der Waals surface area (Å²) in [5.74, 6) is -0.845. The number of nitrogens with one attached hydrogen (secondary N) is 1. The second kappa shape index (κ2) is 9.49. The number of carbonyl (C=O) groups excluding carboxylic acids is 2. The number of rotatable bonds is 7. The minimum absolute atomic E-state index is 0.00520. The van der Waals surface area contributed by atoms with Crippen LogP contribution in [0.4, 0.5) is 10.7 Å². The molecule has 10 nitrogen and oxygen atoms in total. The lowest BCUT2D eigenvalue weighted by Gasteiger charge is -2.06. The van der Waals surface area contributed by atoms with E-state index in [0.717, 1.165) is 11.0 Å². The molecule has 166 valence electrons. The van der Waals surface area contributed by atoms with Crippen molar-refractivity contribution in [3.05, 3.63) is 49.9 Å². The third-order valence-electron chi connectivity index (χ3n) is 4.43. The topological polar surface area (TPSA) is 141 Å². The van der Waals surface area contributed by atoms with Crippen molar-refractivity contribution >= 4 is 40.0 Å². The van der Waals surface area contributed by atoms with Crippen molar-refractivity contribution in [1.29, 1.82) is 5.26 Å². The van der Waals surface area contributed by atoms with Crippen LogP contribution in [0, 0.1) is 21.4 Å². The number of hydrogen-bond acceptors (Lipinski definition) is 9. The van der Waals surface area contributed by atoms with Crippen LogP contribution in [-0.4, -0.2) is 30.2 Å². The zero-order valence-corrected chi connectivity index (χ0v) is 18.3. The van der Waals surface area contributed by atoms with Crippen molar-refractivity contribution in [1.82, 2.24) is 0 Å². The van der Waals surface area contributed by atoms with Crippen LogP contribution in [0.25, 0.3) is 6.08 Å². The first-order chi connectivity index (χ1) is 15.2. The van der Waals surface area contributed by atoms with E-state index >= 15 is 0 Å². The van der Waals surface area contributed by atoms with Crippen LogP contribution in [0.1, 0.15) is 47.5 Å². The molecule has 2 aromatic rings. The molecule has 0 atom stereocenters. The van der Waals surface area contributed by atoms with Crippen LogP contribution < -0.4 is 14.8 Å². The van der Waals surface area contributed by atoms with Crippen molar-refractivity contribution in [3.8, 4) is 17.6 Å². The molecule has 0 bridgehead atoms. The fourth-order valence-corrected chi connectivity index (χ4v) is 3.89. The second-order valence-electron chi connectivity index (χ2n) is 6.91. The van der Waals surface area contributed by atoms with Crippen LogP contribution in [0.2, 0.25) is 0 Å². The zero-order valence-electron chi connectivity index (χ0n) is 17.5. The summed E-state index contributed by atoms with van der Waals surface area (Å²) in [5, 5.41) is 23.8. The van der Waals surface area contributed by atoms with Gasteiger partial charge in [0.05, 0.1) is 28.7 Å². The zero-order chi connectivity index (χ0) is 23.4. The number of nitriles is 1. The van der Waals surface area contributed by atoms with E-state index in [4.69, 9.17) is 14.2 Å². The summed E-state index contributed by atoms with van der Waals surface area (Å²) in [4.78, 5) is 36.7. The Morgan fingerprint density at radius 1 is 1.34 bits per heavy atom. The van der Waals surface area contributed by atoms with Crippen molar-refractivity contribution in [2.45, 2.75) is 26.7 Å². The normalized spacial score (nSPS) is 12.4. The summed E-state index contributed by atoms with van der Waals surface area (Å²) in [7, 11) is 0. The van der Waals surface area contributed by atoms with Gasteiger partial charge in [-0.25, -0.2) is 4.79 Å². The summed E-state index contributed by atoms with van der Waals surface area (Å²) in [5.41, 5.74) is -0.549. The predicted octanol–water partition coefficient (Wildman–Crippen LogP) is 4.23. The number of amides is 1. The van der Waals surface area contributed by atoms with Crippen LogP contribution in [0.3, 0.4) is 0 Å². The monoisotopic (exact) mass is 457 g/mol. The molecule has 0 radical (unpaired) electrons. The Morgan fingerprint density at radius 2 is 2.03 bits per heavy atom. The van der Waals surface area contributed by atoms with Gasteiger partial charge in [0.1, 0.15) is 16.6 Å². The van der Waals surface area contributed by atoms with Crippen molar-refractivity contribution in [2.75, 3.05) is 18.7 Å². The Bertz CT molecular complexity index is 1160. The lowest BCUT2D eigenvalue weighted by atomic mass is 10.1. The quantitative estimate of drug-likeness (QED) is 0.214. The number of esters is 1. The van der Waals surface area contributed by atoms with Gasteiger partial charge in [-0.1, -0.05) is 13.8 Å². The summed E-state index contributed by atoms with van der Waals surface area (Å²) in [6, 6.07) is 5.90. The van der Waals surface area contributed by atoms with Gasteiger partial charge >= 0.3 is 5.97 Å². The van der Waals surface area contributed by atoms with E-state index in [-0.39, 0.29) is 58.2 Å². The van der Waals surface area contributed by atoms with Gasteiger partial charge in [0.15, 0.2) is 11.5 Å². The Kier molecular flexibility index (Phi) is 6.75. The van der Waals surface area contributed by atoms with Crippen LogP contribution in [-0.2, 0) is 9.53 Å². The first-order valence-electron chi connectivity index (χ1n) is 9.57. The van der Waals surface area contributed by atoms with Crippen LogP contribution >= 0.6 is 11.3 Å². The molecule has 0 unspecified atom stereocenters. The number of anilines is 1. The predicted molar refractivity (Wildman–Crippen MR) is 116 cm³/mol. The Balaban J connectivity index is 1.96. The van der Waals surface area contributed by atoms with Crippen LogP contribution in [0.5, 0.6) is 11.5 Å². The molecule has 3 rings (SSSR count). The standard InChI is InChI=1S/C21H19N3O7S/c1-4-29-21(26)14-7-18(11(2)3)32-20(14)23-19(25)13(9-22)5-12-6-16-17(31-10-30-16)8-15(12)24(27)28/h5-8,11H,4,10H2,1-3H3,(H,23,25). The van der Waals surface area contributed by atoms with E-state index in [1.165, 1.54) is 23.5 Å². The smallest absolute Gasteiger partial charge is 0.341 e. The molecule has 0 spiro atoms. The number of thiophene rings is 1. The molecule has 0 saturated carbocycles. The second-order valence-corrected chi connectivity index (χ2v) is 8.00. The fraction of sp³-hybridized carbons (Fsp3) is 0.286. The molecule has 1 N–H and O–H groups in total. The first kappa shape index (κ1) is 22.8. The number of fused-ring (bicyclic) bond motifs is 1. The molecule has 1 aliphatic rings. The lowest BCUT2D eigenvalue weighted by molar-refractivity contribution is -0.385. The van der Waals surface area contributed by atoms with Gasteiger partial charge < -0.3 is 19.5 Å². The number of ether oxygens (including phenoxy) is 3. The summed E-state index contributed by atoms with van der Waals surface area (Å²) in [6.07, 6.45) is 1.09. The number of nitro benzene ring substituents is 1. The molecular formula is C21H19N3O7S. The highest BCUT2D eigenvalue weighted by atomic mass is 32.1. The molecule has 1 amide bonds. The van der Waals surface area contributed by atoms with E-state index in [1.807, 2.05) is 13.8 Å². The summed E-state index contributed by atoms with van der Waals surface area (Å²) in [6.45, 7) is 5.62. The molecule has 1 aliphatic heterocycles. The minimum atomic E-state index is -0.817. The molecule has 32 heavy (non-hydrogen) atoms. The Morgan fingerprint density at radius 3 is 2.62 bits per heavy atom. The number of nitro groups is 1. The largest absolute Gasteiger partial charge is 0.462 e. The molecule has 11 heteroatoms. The third-order valence-corrected chi connectivity index (χ3v) is 5.78. The van der Waals surface area contributed by atoms with Gasteiger partial charge in [-0.3, -0.25) is 14.9 Å². The molecule has 1 aromatic heterocycles. The molecule has 0 aliphatic carbocycles. The van der Waals surface area contributed by atoms with Gasteiger partial charge in [0.2, 0.25) is 6.79 Å². The van der Waals surface area contributed by atoms with E-state index < -0.39 is 16.8 Å². The van der Waals surface area contributed by atoms with E-state index in [0.29, 0.717) is 0 Å². The lowest BCUT2D eigenvalue weighted by Crippen LogP contribution is -2.15. The van der Waals surface area contributed by atoms with Gasteiger partial charge in [-0.2, -0.15) is 5.26 Å². The van der Waals surface area contributed by atoms with E-state index in [9.17, 15) is 25.0 Å². The number of hydrogen-bond donors (Lipinski definition) is 1. The molecule has 2 heterocycles. The number of nitrogens with zero attached hydrogens (tertiary/aromatic N) is 2. The maximum Gasteiger partial charge on any atom is 0.341 e. The number of benzene rings is 1.